The first-order valence-corrected chi connectivity index (χ1v) is 9.11. The zero-order valence-electron chi connectivity index (χ0n) is 13.4. The highest BCUT2D eigenvalue weighted by molar-refractivity contribution is 7.92. The van der Waals surface area contributed by atoms with Crippen LogP contribution in [-0.4, -0.2) is 8.42 Å². The molecule has 0 fully saturated rings. The summed E-state index contributed by atoms with van der Waals surface area (Å²) in [5.74, 6) is -1.65. The standard InChI is InChI=1S/C17H17F4NO2S/c1-2-3-5-12-8-10-13(11-9-12)25(23,24)22-15-7-4-6-14(16(15)18)17(19,20)21/h4,6-11,22H,2-3,5H2,1H3. The van der Waals surface area contributed by atoms with E-state index in [0.717, 1.165) is 37.0 Å². The van der Waals surface area contributed by atoms with E-state index in [-0.39, 0.29) is 4.90 Å². The molecule has 2 rings (SSSR count). The first-order chi connectivity index (χ1) is 11.6. The fraction of sp³-hybridized carbons (Fsp3) is 0.294. The van der Waals surface area contributed by atoms with Crippen molar-refractivity contribution in [3.63, 3.8) is 0 Å². The lowest BCUT2D eigenvalue weighted by atomic mass is 10.1. The summed E-state index contributed by atoms with van der Waals surface area (Å²) < 4.78 is 78.5. The van der Waals surface area contributed by atoms with E-state index in [1.807, 2.05) is 11.6 Å². The van der Waals surface area contributed by atoms with Gasteiger partial charge < -0.3 is 0 Å². The molecule has 3 nitrogen and oxygen atoms in total. The van der Waals surface area contributed by atoms with E-state index in [2.05, 4.69) is 0 Å². The molecule has 0 radical (unpaired) electrons. The number of aryl methyl sites for hydroxylation is 1. The van der Waals surface area contributed by atoms with Crippen molar-refractivity contribution in [2.45, 2.75) is 37.3 Å². The van der Waals surface area contributed by atoms with Gasteiger partial charge in [0.25, 0.3) is 10.0 Å². The molecule has 2 aromatic rings. The Morgan fingerprint density at radius 1 is 1.04 bits per heavy atom. The molecular formula is C17H17F4NO2S. The molecule has 0 heterocycles. The van der Waals surface area contributed by atoms with Crippen molar-refractivity contribution in [2.24, 2.45) is 0 Å². The summed E-state index contributed by atoms with van der Waals surface area (Å²) in [6, 6.07) is 8.39. The molecule has 0 aliphatic heterocycles. The van der Waals surface area contributed by atoms with E-state index in [1.165, 1.54) is 12.1 Å². The molecule has 0 spiro atoms. The highest BCUT2D eigenvalue weighted by atomic mass is 32.2. The minimum atomic E-state index is -4.91. The van der Waals surface area contributed by atoms with Crippen LogP contribution in [0.5, 0.6) is 0 Å². The molecule has 0 saturated heterocycles. The van der Waals surface area contributed by atoms with Crippen LogP contribution < -0.4 is 4.72 Å². The van der Waals surface area contributed by atoms with Crippen molar-refractivity contribution in [1.29, 1.82) is 0 Å². The SMILES string of the molecule is CCCCc1ccc(S(=O)(=O)Nc2cccc(C(F)(F)F)c2F)cc1. The Kier molecular flexibility index (Phi) is 5.72. The lowest BCUT2D eigenvalue weighted by Gasteiger charge is -2.13. The van der Waals surface area contributed by atoms with Crippen LogP contribution in [0.1, 0.15) is 30.9 Å². The summed E-state index contributed by atoms with van der Waals surface area (Å²) in [6.07, 6.45) is -2.16. The van der Waals surface area contributed by atoms with Crippen molar-refractivity contribution < 1.29 is 26.0 Å². The smallest absolute Gasteiger partial charge is 0.277 e. The number of hydrogen-bond acceptors (Lipinski definition) is 2. The summed E-state index contributed by atoms with van der Waals surface area (Å²) in [6.45, 7) is 2.03. The van der Waals surface area contributed by atoms with Gasteiger partial charge in [0.2, 0.25) is 0 Å². The predicted molar refractivity (Wildman–Crippen MR) is 87.3 cm³/mol. The normalized spacial score (nSPS) is 12.2. The number of anilines is 1. The molecule has 2 aromatic carbocycles. The molecular weight excluding hydrogens is 358 g/mol. The molecule has 0 amide bonds. The van der Waals surface area contributed by atoms with Crippen molar-refractivity contribution in [1.82, 2.24) is 0 Å². The Morgan fingerprint density at radius 3 is 2.24 bits per heavy atom. The summed E-state index contributed by atoms with van der Waals surface area (Å²) in [7, 11) is -4.19. The Hall–Kier alpha value is -2.09. The van der Waals surface area contributed by atoms with Crippen LogP contribution in [0, 0.1) is 5.82 Å². The average Bonchev–Trinajstić information content (AvgIpc) is 2.54. The van der Waals surface area contributed by atoms with Gasteiger partial charge in [0.15, 0.2) is 5.82 Å². The molecule has 0 bridgehead atoms. The lowest BCUT2D eigenvalue weighted by Crippen LogP contribution is -2.16. The Balaban J connectivity index is 2.27. The minimum absolute atomic E-state index is 0.149. The molecule has 1 N–H and O–H groups in total. The number of alkyl halides is 3. The zero-order valence-corrected chi connectivity index (χ0v) is 14.2. The summed E-state index contributed by atoms with van der Waals surface area (Å²) in [5, 5.41) is 0. The van der Waals surface area contributed by atoms with Gasteiger partial charge in [-0.25, -0.2) is 12.8 Å². The van der Waals surface area contributed by atoms with E-state index in [1.54, 1.807) is 12.1 Å². The maximum atomic E-state index is 14.0. The third-order valence-electron chi connectivity index (χ3n) is 3.60. The Morgan fingerprint density at radius 2 is 1.68 bits per heavy atom. The Bertz CT molecular complexity index is 831. The van der Waals surface area contributed by atoms with Crippen LogP contribution in [0.25, 0.3) is 0 Å². The number of nitrogens with one attached hydrogen (secondary N) is 1. The number of hydrogen-bond donors (Lipinski definition) is 1. The van der Waals surface area contributed by atoms with Gasteiger partial charge >= 0.3 is 6.18 Å². The fourth-order valence-electron chi connectivity index (χ4n) is 2.25. The van der Waals surface area contributed by atoms with Gasteiger partial charge in [0.1, 0.15) is 0 Å². The summed E-state index contributed by atoms with van der Waals surface area (Å²) in [4.78, 5) is -0.149. The van der Waals surface area contributed by atoms with E-state index < -0.39 is 33.3 Å². The van der Waals surface area contributed by atoms with Gasteiger partial charge in [0, 0.05) is 0 Å². The van der Waals surface area contributed by atoms with Gasteiger partial charge in [-0.3, -0.25) is 4.72 Å². The second-order valence-corrected chi connectivity index (χ2v) is 7.20. The first kappa shape index (κ1) is 19.2. The van der Waals surface area contributed by atoms with Crippen molar-refractivity contribution in [3.05, 3.63) is 59.4 Å². The maximum Gasteiger partial charge on any atom is 0.419 e. The average molecular weight is 375 g/mol. The van der Waals surface area contributed by atoms with Crippen molar-refractivity contribution in [3.8, 4) is 0 Å². The second kappa shape index (κ2) is 7.43. The first-order valence-electron chi connectivity index (χ1n) is 7.62. The number of unbranched alkanes of at least 4 members (excludes halogenated alkanes) is 1. The van der Waals surface area contributed by atoms with E-state index in [9.17, 15) is 26.0 Å². The number of benzene rings is 2. The third-order valence-corrected chi connectivity index (χ3v) is 4.98. The molecule has 0 atom stereocenters. The molecule has 0 aliphatic rings. The van der Waals surface area contributed by atoms with E-state index >= 15 is 0 Å². The van der Waals surface area contributed by atoms with Crippen LogP contribution in [0.2, 0.25) is 0 Å². The van der Waals surface area contributed by atoms with Crippen molar-refractivity contribution in [2.75, 3.05) is 4.72 Å². The number of rotatable bonds is 6. The van der Waals surface area contributed by atoms with Crippen LogP contribution in [0.4, 0.5) is 23.2 Å². The quantitative estimate of drug-likeness (QED) is 0.723. The van der Waals surface area contributed by atoms with Gasteiger partial charge in [-0.05, 0) is 42.7 Å². The molecule has 8 heteroatoms. The van der Waals surface area contributed by atoms with Crippen LogP contribution in [-0.2, 0) is 22.6 Å². The summed E-state index contributed by atoms with van der Waals surface area (Å²) >= 11 is 0. The molecule has 0 aliphatic carbocycles. The zero-order chi connectivity index (χ0) is 18.7. The van der Waals surface area contributed by atoms with Gasteiger partial charge in [-0.1, -0.05) is 31.5 Å². The summed E-state index contributed by atoms with van der Waals surface area (Å²) in [5.41, 5.74) is -1.32. The number of sulfonamides is 1. The topological polar surface area (TPSA) is 46.2 Å². The fourth-order valence-corrected chi connectivity index (χ4v) is 3.31. The van der Waals surface area contributed by atoms with Gasteiger partial charge in [-0.15, -0.1) is 0 Å². The molecule has 0 saturated carbocycles. The van der Waals surface area contributed by atoms with E-state index in [4.69, 9.17) is 0 Å². The van der Waals surface area contributed by atoms with E-state index in [0.29, 0.717) is 6.07 Å². The van der Waals surface area contributed by atoms with Crippen LogP contribution in [0.15, 0.2) is 47.4 Å². The monoisotopic (exact) mass is 375 g/mol. The van der Waals surface area contributed by atoms with Gasteiger partial charge in [-0.2, -0.15) is 13.2 Å². The lowest BCUT2D eigenvalue weighted by molar-refractivity contribution is -0.139. The third kappa shape index (κ3) is 4.72. The van der Waals surface area contributed by atoms with Crippen LogP contribution >= 0.6 is 0 Å². The van der Waals surface area contributed by atoms with Crippen LogP contribution in [0.3, 0.4) is 0 Å². The second-order valence-electron chi connectivity index (χ2n) is 5.52. The molecule has 136 valence electrons. The Labute approximate surface area is 143 Å². The molecule has 0 aromatic heterocycles. The van der Waals surface area contributed by atoms with Crippen molar-refractivity contribution >= 4 is 15.7 Å². The minimum Gasteiger partial charge on any atom is -0.277 e. The maximum absolute atomic E-state index is 14.0. The highest BCUT2D eigenvalue weighted by Gasteiger charge is 2.35. The predicted octanol–water partition coefficient (Wildman–Crippen LogP) is 4.99. The number of halogens is 4. The largest absolute Gasteiger partial charge is 0.419 e. The highest BCUT2D eigenvalue weighted by Crippen LogP contribution is 2.34. The molecule has 25 heavy (non-hydrogen) atoms. The van der Waals surface area contributed by atoms with Gasteiger partial charge in [0.05, 0.1) is 16.1 Å². The molecule has 0 unspecified atom stereocenters.